The first kappa shape index (κ1) is 17.4. The third-order valence-electron chi connectivity index (χ3n) is 4.95. The van der Waals surface area contributed by atoms with E-state index in [1.54, 1.807) is 0 Å². The molecule has 1 heterocycles. The van der Waals surface area contributed by atoms with E-state index in [0.717, 1.165) is 39.0 Å². The van der Waals surface area contributed by atoms with Crippen LogP contribution in [0.4, 0.5) is 0 Å². The van der Waals surface area contributed by atoms with Crippen LogP contribution in [0.1, 0.15) is 33.6 Å². The first-order chi connectivity index (χ1) is 9.49. The molecule has 5 nitrogen and oxygen atoms in total. The average Bonchev–Trinajstić information content (AvgIpc) is 2.48. The van der Waals surface area contributed by atoms with Gasteiger partial charge >= 0.3 is 0 Å². The van der Waals surface area contributed by atoms with Gasteiger partial charge in [-0.25, -0.2) is 0 Å². The Kier molecular flexibility index (Phi) is 6.92. The molecule has 1 aliphatic rings. The van der Waals surface area contributed by atoms with Crippen molar-refractivity contribution in [2.24, 2.45) is 11.1 Å². The topological polar surface area (TPSA) is 61.6 Å². The summed E-state index contributed by atoms with van der Waals surface area (Å²) >= 11 is 0. The van der Waals surface area contributed by atoms with Crippen molar-refractivity contribution in [1.29, 1.82) is 0 Å². The Morgan fingerprint density at radius 1 is 1.25 bits per heavy atom. The number of amides is 1. The predicted octanol–water partition coefficient (Wildman–Crippen LogP) is 0.504. The van der Waals surface area contributed by atoms with Crippen LogP contribution in [0.15, 0.2) is 0 Å². The fraction of sp³-hybridized carbons (Fsp3) is 0.933. The van der Waals surface area contributed by atoms with Crippen molar-refractivity contribution in [2.45, 2.75) is 39.7 Å². The van der Waals surface area contributed by atoms with Gasteiger partial charge in [-0.3, -0.25) is 9.69 Å². The molecule has 1 saturated heterocycles. The summed E-state index contributed by atoms with van der Waals surface area (Å²) in [6.45, 7) is 11.8. The minimum Gasteiger partial charge on any atom is -0.354 e. The minimum atomic E-state index is -0.387. The van der Waals surface area contributed by atoms with E-state index in [1.165, 1.54) is 0 Å². The SMILES string of the molecule is CCC(CC)(CN)C(=O)NCC(C)N1CCN(C)CC1. The Labute approximate surface area is 123 Å². The van der Waals surface area contributed by atoms with Gasteiger partial charge in [0, 0.05) is 45.3 Å². The molecule has 118 valence electrons. The molecule has 0 aliphatic carbocycles. The minimum absolute atomic E-state index is 0.117. The van der Waals surface area contributed by atoms with E-state index in [4.69, 9.17) is 5.73 Å². The standard InChI is InChI=1S/C15H32N4O/c1-5-15(6-2,12-16)14(20)17-11-13(3)19-9-7-18(4)8-10-19/h13H,5-12,16H2,1-4H3,(H,17,20). The van der Waals surface area contributed by atoms with Gasteiger partial charge in [0.2, 0.25) is 5.91 Å². The second kappa shape index (κ2) is 7.96. The second-order valence-corrected chi connectivity index (χ2v) is 6.09. The lowest BCUT2D eigenvalue weighted by molar-refractivity contribution is -0.131. The van der Waals surface area contributed by atoms with Crippen molar-refractivity contribution in [2.75, 3.05) is 46.3 Å². The molecule has 3 N–H and O–H groups in total. The molecule has 1 aliphatic heterocycles. The van der Waals surface area contributed by atoms with E-state index < -0.39 is 0 Å². The van der Waals surface area contributed by atoms with Crippen LogP contribution in [0.5, 0.6) is 0 Å². The molecule has 1 fully saturated rings. The quantitative estimate of drug-likeness (QED) is 0.715. The zero-order chi connectivity index (χ0) is 15.2. The zero-order valence-corrected chi connectivity index (χ0v) is 13.6. The summed E-state index contributed by atoms with van der Waals surface area (Å²) in [5.41, 5.74) is 5.43. The van der Waals surface area contributed by atoms with E-state index >= 15 is 0 Å². The number of hydrogen-bond acceptors (Lipinski definition) is 4. The van der Waals surface area contributed by atoms with Gasteiger partial charge in [0.25, 0.3) is 0 Å². The highest BCUT2D eigenvalue weighted by molar-refractivity contribution is 5.82. The summed E-state index contributed by atoms with van der Waals surface area (Å²) < 4.78 is 0. The molecular weight excluding hydrogens is 252 g/mol. The maximum atomic E-state index is 12.4. The number of carbonyl (C=O) groups is 1. The summed E-state index contributed by atoms with van der Waals surface area (Å²) in [6, 6.07) is 0.386. The lowest BCUT2D eigenvalue weighted by Gasteiger charge is -2.37. The molecule has 0 aromatic heterocycles. The van der Waals surface area contributed by atoms with Crippen LogP contribution in [-0.2, 0) is 4.79 Å². The Morgan fingerprint density at radius 2 is 1.80 bits per heavy atom. The molecule has 1 unspecified atom stereocenters. The molecule has 1 rings (SSSR count). The van der Waals surface area contributed by atoms with Crippen LogP contribution in [-0.4, -0.2) is 68.1 Å². The van der Waals surface area contributed by atoms with Crippen LogP contribution in [0.25, 0.3) is 0 Å². The summed E-state index contributed by atoms with van der Waals surface area (Å²) in [6.07, 6.45) is 1.60. The second-order valence-electron chi connectivity index (χ2n) is 6.09. The summed E-state index contributed by atoms with van der Waals surface area (Å²) in [7, 11) is 2.15. The van der Waals surface area contributed by atoms with Gasteiger partial charge in [0.05, 0.1) is 5.41 Å². The molecule has 0 aromatic rings. The van der Waals surface area contributed by atoms with Crippen LogP contribution in [0.2, 0.25) is 0 Å². The predicted molar refractivity (Wildman–Crippen MR) is 83.6 cm³/mol. The molecule has 0 saturated carbocycles. The maximum absolute atomic E-state index is 12.4. The van der Waals surface area contributed by atoms with Gasteiger partial charge in [0.1, 0.15) is 0 Å². The van der Waals surface area contributed by atoms with Crippen molar-refractivity contribution in [3.05, 3.63) is 0 Å². The first-order valence-electron chi connectivity index (χ1n) is 7.90. The lowest BCUT2D eigenvalue weighted by atomic mass is 9.81. The largest absolute Gasteiger partial charge is 0.354 e. The van der Waals surface area contributed by atoms with Crippen LogP contribution in [0.3, 0.4) is 0 Å². The van der Waals surface area contributed by atoms with Crippen molar-refractivity contribution in [1.82, 2.24) is 15.1 Å². The Morgan fingerprint density at radius 3 is 2.25 bits per heavy atom. The molecular formula is C15H32N4O. The third-order valence-corrected chi connectivity index (χ3v) is 4.95. The number of nitrogens with zero attached hydrogens (tertiary/aromatic N) is 2. The molecule has 1 atom stereocenters. The first-order valence-corrected chi connectivity index (χ1v) is 7.90. The van der Waals surface area contributed by atoms with Gasteiger partial charge in [-0.2, -0.15) is 0 Å². The molecule has 0 radical (unpaired) electrons. The smallest absolute Gasteiger partial charge is 0.227 e. The normalized spacial score (nSPS) is 19.9. The summed E-state index contributed by atoms with van der Waals surface area (Å²) in [4.78, 5) is 17.2. The Balaban J connectivity index is 2.43. The fourth-order valence-electron chi connectivity index (χ4n) is 2.77. The Bertz CT molecular complexity index is 288. The number of carbonyl (C=O) groups excluding carboxylic acids is 1. The van der Waals surface area contributed by atoms with E-state index in [-0.39, 0.29) is 11.3 Å². The third kappa shape index (κ3) is 4.17. The summed E-state index contributed by atoms with van der Waals surface area (Å²) in [5.74, 6) is 0.117. The fourth-order valence-corrected chi connectivity index (χ4v) is 2.77. The number of rotatable bonds is 7. The molecule has 0 aromatic carbocycles. The van der Waals surface area contributed by atoms with Gasteiger partial charge < -0.3 is 16.0 Å². The van der Waals surface area contributed by atoms with Crippen LogP contribution < -0.4 is 11.1 Å². The number of nitrogens with one attached hydrogen (secondary N) is 1. The number of hydrogen-bond donors (Lipinski definition) is 2. The maximum Gasteiger partial charge on any atom is 0.227 e. The van der Waals surface area contributed by atoms with E-state index in [1.807, 2.05) is 13.8 Å². The van der Waals surface area contributed by atoms with E-state index in [9.17, 15) is 4.79 Å². The van der Waals surface area contributed by atoms with Crippen molar-refractivity contribution >= 4 is 5.91 Å². The molecule has 1 amide bonds. The summed E-state index contributed by atoms with van der Waals surface area (Å²) in [5, 5.41) is 3.11. The number of nitrogens with two attached hydrogens (primary N) is 1. The number of likely N-dealkylation sites (N-methyl/N-ethyl adjacent to an activating group) is 1. The van der Waals surface area contributed by atoms with Crippen molar-refractivity contribution in [3.8, 4) is 0 Å². The van der Waals surface area contributed by atoms with Crippen molar-refractivity contribution in [3.63, 3.8) is 0 Å². The van der Waals surface area contributed by atoms with Crippen molar-refractivity contribution < 1.29 is 4.79 Å². The highest BCUT2D eigenvalue weighted by Crippen LogP contribution is 2.24. The Hall–Kier alpha value is -0.650. The molecule has 20 heavy (non-hydrogen) atoms. The zero-order valence-electron chi connectivity index (χ0n) is 13.6. The molecule has 5 heteroatoms. The van der Waals surface area contributed by atoms with Gasteiger partial charge in [0.15, 0.2) is 0 Å². The lowest BCUT2D eigenvalue weighted by Crippen LogP contribution is -2.53. The van der Waals surface area contributed by atoms with Crippen LogP contribution >= 0.6 is 0 Å². The van der Waals surface area contributed by atoms with Gasteiger partial charge in [-0.05, 0) is 26.8 Å². The van der Waals surface area contributed by atoms with Gasteiger partial charge in [-0.1, -0.05) is 13.8 Å². The van der Waals surface area contributed by atoms with Gasteiger partial charge in [-0.15, -0.1) is 0 Å². The van der Waals surface area contributed by atoms with E-state index in [2.05, 4.69) is 29.1 Å². The van der Waals surface area contributed by atoms with Crippen LogP contribution in [0, 0.1) is 5.41 Å². The molecule has 0 spiro atoms. The monoisotopic (exact) mass is 284 g/mol. The average molecular weight is 284 g/mol. The molecule has 0 bridgehead atoms. The van der Waals surface area contributed by atoms with E-state index in [0.29, 0.717) is 19.1 Å². The number of piperazine rings is 1. The highest BCUT2D eigenvalue weighted by atomic mass is 16.2. The highest BCUT2D eigenvalue weighted by Gasteiger charge is 2.33.